The number of nitrogens with one attached hydrogen (secondary N) is 1. The van der Waals surface area contributed by atoms with Crippen molar-refractivity contribution in [3.63, 3.8) is 0 Å². The van der Waals surface area contributed by atoms with Crippen LogP contribution in [-0.4, -0.2) is 43.0 Å². The van der Waals surface area contributed by atoms with Gasteiger partial charge in [-0.25, -0.2) is 9.78 Å². The van der Waals surface area contributed by atoms with Gasteiger partial charge in [0.1, 0.15) is 10.8 Å². The molecule has 0 bridgehead atoms. The Hall–Kier alpha value is -1.53. The molecule has 0 aromatic carbocycles. The molecule has 0 atom stereocenters. The highest BCUT2D eigenvalue weighted by Gasteiger charge is 2.20. The Bertz CT molecular complexity index is 511. The van der Waals surface area contributed by atoms with Crippen molar-refractivity contribution in [1.82, 2.24) is 4.98 Å². The van der Waals surface area contributed by atoms with Crippen LogP contribution in [0.4, 0.5) is 16.2 Å². The van der Waals surface area contributed by atoms with Gasteiger partial charge in [-0.2, -0.15) is 0 Å². The third-order valence-corrected chi connectivity index (χ3v) is 3.04. The molecule has 0 radical (unpaired) electrons. The maximum atomic E-state index is 11.9. The van der Waals surface area contributed by atoms with Crippen molar-refractivity contribution in [2.75, 3.05) is 36.5 Å². The van der Waals surface area contributed by atoms with Crippen molar-refractivity contribution >= 4 is 29.1 Å². The van der Waals surface area contributed by atoms with Crippen molar-refractivity contribution in [3.05, 3.63) is 17.4 Å². The second kappa shape index (κ2) is 6.49. The van der Waals surface area contributed by atoms with Crippen molar-refractivity contribution in [1.29, 1.82) is 0 Å². The van der Waals surface area contributed by atoms with Crippen LogP contribution in [0, 0.1) is 0 Å². The number of rotatable bonds is 2. The number of aromatic nitrogens is 1. The van der Waals surface area contributed by atoms with Crippen LogP contribution >= 0.6 is 11.6 Å². The molecule has 116 valence electrons. The highest BCUT2D eigenvalue weighted by molar-refractivity contribution is 6.29. The maximum absolute atomic E-state index is 11.9. The van der Waals surface area contributed by atoms with E-state index in [4.69, 9.17) is 21.1 Å². The summed E-state index contributed by atoms with van der Waals surface area (Å²) in [5, 5.41) is 3.11. The first-order chi connectivity index (χ1) is 9.85. The molecule has 1 aromatic rings. The lowest BCUT2D eigenvalue weighted by molar-refractivity contribution is 0.0636. The molecule has 0 aliphatic carbocycles. The standard InChI is InChI=1S/C14H20ClN3O3/c1-14(2,3)21-13(19)17-10-9-16-12(15)8-11(10)18-4-6-20-7-5-18/h8-9H,4-7H2,1-3H3,(H,17,19). The number of ether oxygens (including phenoxy) is 2. The number of halogens is 1. The van der Waals surface area contributed by atoms with Crippen LogP contribution in [0.25, 0.3) is 0 Å². The van der Waals surface area contributed by atoms with Crippen molar-refractivity contribution in [2.45, 2.75) is 26.4 Å². The molecular formula is C14H20ClN3O3. The highest BCUT2D eigenvalue weighted by atomic mass is 35.5. The van der Waals surface area contributed by atoms with Gasteiger partial charge in [0.2, 0.25) is 0 Å². The lowest BCUT2D eigenvalue weighted by atomic mass is 10.2. The second-order valence-electron chi connectivity index (χ2n) is 5.75. The van der Waals surface area contributed by atoms with Crippen molar-refractivity contribution < 1.29 is 14.3 Å². The summed E-state index contributed by atoms with van der Waals surface area (Å²) in [5.74, 6) is 0. The second-order valence-corrected chi connectivity index (χ2v) is 6.14. The summed E-state index contributed by atoms with van der Waals surface area (Å²) in [6.45, 7) is 8.21. The van der Waals surface area contributed by atoms with Crippen LogP contribution in [0.1, 0.15) is 20.8 Å². The van der Waals surface area contributed by atoms with Gasteiger partial charge in [-0.1, -0.05) is 11.6 Å². The fraction of sp³-hybridized carbons (Fsp3) is 0.571. The Kier molecular flexibility index (Phi) is 4.90. The van der Waals surface area contributed by atoms with Gasteiger partial charge in [0.15, 0.2) is 0 Å². The zero-order chi connectivity index (χ0) is 15.5. The molecule has 1 fully saturated rings. The fourth-order valence-corrected chi connectivity index (χ4v) is 2.15. The van der Waals surface area contributed by atoms with Crippen LogP contribution in [0.15, 0.2) is 12.3 Å². The molecule has 2 rings (SSSR count). The monoisotopic (exact) mass is 313 g/mol. The van der Waals surface area contributed by atoms with Crippen molar-refractivity contribution in [2.24, 2.45) is 0 Å². The highest BCUT2D eigenvalue weighted by Crippen LogP contribution is 2.28. The third-order valence-electron chi connectivity index (χ3n) is 2.84. The van der Waals surface area contributed by atoms with Gasteiger partial charge in [-0.3, -0.25) is 5.32 Å². The summed E-state index contributed by atoms with van der Waals surface area (Å²) in [6, 6.07) is 1.74. The van der Waals surface area contributed by atoms with Gasteiger partial charge in [0, 0.05) is 19.2 Å². The number of carbonyl (C=O) groups excluding carboxylic acids is 1. The molecule has 0 saturated carbocycles. The number of morpholine rings is 1. The first-order valence-corrected chi connectivity index (χ1v) is 7.21. The average molecular weight is 314 g/mol. The predicted molar refractivity (Wildman–Crippen MR) is 82.1 cm³/mol. The van der Waals surface area contributed by atoms with E-state index in [0.29, 0.717) is 24.1 Å². The summed E-state index contributed by atoms with van der Waals surface area (Å²) in [6.07, 6.45) is 1.03. The van der Waals surface area contributed by atoms with E-state index in [1.54, 1.807) is 6.07 Å². The molecule has 1 saturated heterocycles. The normalized spacial score (nSPS) is 15.7. The average Bonchev–Trinajstić information content (AvgIpc) is 2.40. The van der Waals surface area contributed by atoms with Crippen LogP contribution in [0.5, 0.6) is 0 Å². The molecule has 1 aliphatic heterocycles. The largest absolute Gasteiger partial charge is 0.444 e. The van der Waals surface area contributed by atoms with Gasteiger partial charge in [-0.05, 0) is 20.8 Å². The van der Waals surface area contributed by atoms with Gasteiger partial charge in [0.25, 0.3) is 0 Å². The minimum Gasteiger partial charge on any atom is -0.444 e. The van der Waals surface area contributed by atoms with Gasteiger partial charge in [-0.15, -0.1) is 0 Å². The van der Waals surface area contributed by atoms with Gasteiger partial charge >= 0.3 is 6.09 Å². The zero-order valence-corrected chi connectivity index (χ0v) is 13.2. The number of hydrogen-bond donors (Lipinski definition) is 1. The SMILES string of the molecule is CC(C)(C)OC(=O)Nc1cnc(Cl)cc1N1CCOCC1. The molecule has 1 aliphatic rings. The summed E-state index contributed by atoms with van der Waals surface area (Å²) >= 11 is 5.97. The van der Waals surface area contributed by atoms with E-state index < -0.39 is 11.7 Å². The quantitative estimate of drug-likeness (QED) is 0.851. The fourth-order valence-electron chi connectivity index (χ4n) is 2.00. The molecule has 7 heteroatoms. The lowest BCUT2D eigenvalue weighted by Gasteiger charge is -2.30. The predicted octanol–water partition coefficient (Wildman–Crippen LogP) is 2.92. The molecule has 0 spiro atoms. The number of carbonyl (C=O) groups is 1. The summed E-state index contributed by atoms with van der Waals surface area (Å²) in [4.78, 5) is 18.0. The van der Waals surface area contributed by atoms with Crippen molar-refractivity contribution in [3.8, 4) is 0 Å². The molecule has 1 amide bonds. The van der Waals surface area contributed by atoms with Crippen LogP contribution in [0.3, 0.4) is 0 Å². The van der Waals surface area contributed by atoms with E-state index in [9.17, 15) is 4.79 Å². The maximum Gasteiger partial charge on any atom is 0.412 e. The summed E-state index contributed by atoms with van der Waals surface area (Å²) in [5.41, 5.74) is 0.850. The molecular weight excluding hydrogens is 294 g/mol. The number of anilines is 2. The smallest absolute Gasteiger partial charge is 0.412 e. The van der Waals surface area contributed by atoms with Crippen LogP contribution in [-0.2, 0) is 9.47 Å². The molecule has 1 N–H and O–H groups in total. The van der Waals surface area contributed by atoms with Gasteiger partial charge in [0.05, 0.1) is 30.8 Å². The van der Waals surface area contributed by atoms with E-state index in [2.05, 4.69) is 15.2 Å². The molecule has 2 heterocycles. The Balaban J connectivity index is 2.16. The third kappa shape index (κ3) is 4.75. The van der Waals surface area contributed by atoms with Crippen LogP contribution in [0.2, 0.25) is 5.15 Å². The molecule has 1 aromatic heterocycles. The molecule has 21 heavy (non-hydrogen) atoms. The van der Waals surface area contributed by atoms with E-state index >= 15 is 0 Å². The molecule has 0 unspecified atom stereocenters. The van der Waals surface area contributed by atoms with Crippen LogP contribution < -0.4 is 10.2 Å². The topological polar surface area (TPSA) is 63.7 Å². The van der Waals surface area contributed by atoms with Gasteiger partial charge < -0.3 is 14.4 Å². The Morgan fingerprint density at radius 3 is 2.71 bits per heavy atom. The Morgan fingerprint density at radius 2 is 2.10 bits per heavy atom. The molecule has 6 nitrogen and oxygen atoms in total. The van der Waals surface area contributed by atoms with E-state index in [1.165, 1.54) is 6.20 Å². The number of amides is 1. The number of hydrogen-bond acceptors (Lipinski definition) is 5. The number of pyridine rings is 1. The minimum absolute atomic E-state index is 0.381. The van der Waals surface area contributed by atoms with E-state index in [1.807, 2.05) is 20.8 Å². The Morgan fingerprint density at radius 1 is 1.43 bits per heavy atom. The van der Waals surface area contributed by atoms with E-state index in [-0.39, 0.29) is 0 Å². The summed E-state index contributed by atoms with van der Waals surface area (Å²) < 4.78 is 10.6. The lowest BCUT2D eigenvalue weighted by Crippen LogP contribution is -2.37. The number of nitrogens with zero attached hydrogens (tertiary/aromatic N) is 2. The zero-order valence-electron chi connectivity index (χ0n) is 12.5. The first kappa shape index (κ1) is 15.9. The minimum atomic E-state index is -0.553. The van der Waals surface area contributed by atoms with E-state index in [0.717, 1.165) is 18.8 Å². The first-order valence-electron chi connectivity index (χ1n) is 6.83. The Labute approximate surface area is 129 Å². The summed E-state index contributed by atoms with van der Waals surface area (Å²) in [7, 11) is 0.